The Morgan fingerprint density at radius 2 is 1.81 bits per heavy atom. The molecule has 0 atom stereocenters. The van der Waals surface area contributed by atoms with Crippen molar-refractivity contribution in [3.8, 4) is 0 Å². The van der Waals surface area contributed by atoms with Gasteiger partial charge in [-0.2, -0.15) is 13.9 Å². The van der Waals surface area contributed by atoms with Crippen LogP contribution in [-0.4, -0.2) is 22.9 Å². The summed E-state index contributed by atoms with van der Waals surface area (Å²) in [5.41, 5.74) is 4.23. The predicted molar refractivity (Wildman–Crippen MR) is 95.4 cm³/mol. The molecule has 0 bridgehead atoms. The van der Waals surface area contributed by atoms with Crippen LogP contribution in [0.15, 0.2) is 36.4 Å². The molecule has 3 aromatic rings. The van der Waals surface area contributed by atoms with Crippen LogP contribution >= 0.6 is 0 Å². The van der Waals surface area contributed by atoms with Gasteiger partial charge in [-0.05, 0) is 43.5 Å². The third-order valence-electron chi connectivity index (χ3n) is 4.69. The summed E-state index contributed by atoms with van der Waals surface area (Å²) in [4.78, 5) is 11.4. The van der Waals surface area contributed by atoms with Gasteiger partial charge in [0.15, 0.2) is 0 Å². The molecular formula is C20H20F2N2O2. The second-order valence-corrected chi connectivity index (χ2v) is 6.41. The number of carbonyl (C=O) groups excluding carboxylic acids is 1. The molecule has 4 nitrogen and oxygen atoms in total. The number of aromatic nitrogens is 2. The summed E-state index contributed by atoms with van der Waals surface area (Å²) in [5.74, 6) is -5.28. The Hall–Kier alpha value is -2.76. The van der Waals surface area contributed by atoms with E-state index in [0.29, 0.717) is 12.1 Å². The van der Waals surface area contributed by atoms with Crippen molar-refractivity contribution in [1.29, 1.82) is 0 Å². The van der Waals surface area contributed by atoms with Crippen molar-refractivity contribution in [2.24, 2.45) is 0 Å². The molecule has 0 aliphatic heterocycles. The summed E-state index contributed by atoms with van der Waals surface area (Å²) in [6, 6.07) is 10.1. The molecule has 1 heterocycles. The average Bonchev–Trinajstić information content (AvgIpc) is 2.93. The van der Waals surface area contributed by atoms with Crippen molar-refractivity contribution >= 4 is 16.9 Å². The third-order valence-corrected chi connectivity index (χ3v) is 4.69. The third kappa shape index (κ3) is 2.96. The lowest BCUT2D eigenvalue weighted by atomic mass is 10.0. The molecule has 0 N–H and O–H groups in total. The van der Waals surface area contributed by atoms with Crippen molar-refractivity contribution in [2.45, 2.75) is 33.2 Å². The van der Waals surface area contributed by atoms with Gasteiger partial charge >= 0.3 is 11.9 Å². The smallest absolute Gasteiger partial charge is 0.381 e. The van der Waals surface area contributed by atoms with Gasteiger partial charge < -0.3 is 4.74 Å². The monoisotopic (exact) mass is 358 g/mol. The summed E-state index contributed by atoms with van der Waals surface area (Å²) in [6.45, 7) is 6.33. The number of benzene rings is 2. The molecule has 3 rings (SSSR count). The molecule has 2 aromatic carbocycles. The van der Waals surface area contributed by atoms with Crippen molar-refractivity contribution < 1.29 is 18.3 Å². The fourth-order valence-electron chi connectivity index (χ4n) is 3.15. The van der Waals surface area contributed by atoms with Crippen LogP contribution in [0.3, 0.4) is 0 Å². The Morgan fingerprint density at radius 1 is 1.15 bits per heavy atom. The normalized spacial score (nSPS) is 11.8. The van der Waals surface area contributed by atoms with E-state index in [2.05, 4.69) is 9.84 Å². The van der Waals surface area contributed by atoms with Crippen LogP contribution in [-0.2, 0) is 22.0 Å². The summed E-state index contributed by atoms with van der Waals surface area (Å²) in [7, 11) is 0.949. The summed E-state index contributed by atoms with van der Waals surface area (Å²) in [6.07, 6.45) is 0. The highest BCUT2D eigenvalue weighted by Crippen LogP contribution is 2.32. The molecule has 0 unspecified atom stereocenters. The second kappa shape index (κ2) is 6.52. The van der Waals surface area contributed by atoms with Gasteiger partial charge in [-0.15, -0.1) is 0 Å². The Balaban J connectivity index is 2.12. The second-order valence-electron chi connectivity index (χ2n) is 6.41. The largest absolute Gasteiger partial charge is 0.464 e. The van der Waals surface area contributed by atoms with Crippen LogP contribution in [0.4, 0.5) is 8.78 Å². The lowest BCUT2D eigenvalue weighted by Crippen LogP contribution is -2.27. The van der Waals surface area contributed by atoms with Gasteiger partial charge in [-0.25, -0.2) is 4.79 Å². The minimum absolute atomic E-state index is 0.403. The van der Waals surface area contributed by atoms with Gasteiger partial charge in [-0.3, -0.25) is 4.68 Å². The SMILES string of the molecule is COC(=O)C(F)(F)c1ccc2c(C)nn(Cc3c(C)cccc3C)c2c1. The van der Waals surface area contributed by atoms with Gasteiger partial charge in [0.1, 0.15) is 0 Å². The van der Waals surface area contributed by atoms with Gasteiger partial charge in [0.25, 0.3) is 0 Å². The fourth-order valence-corrected chi connectivity index (χ4v) is 3.15. The maximum Gasteiger partial charge on any atom is 0.381 e. The van der Waals surface area contributed by atoms with Crippen molar-refractivity contribution in [2.75, 3.05) is 7.11 Å². The molecule has 0 aliphatic rings. The number of carbonyl (C=O) groups is 1. The van der Waals surface area contributed by atoms with Gasteiger partial charge in [-0.1, -0.05) is 30.3 Å². The highest BCUT2D eigenvalue weighted by molar-refractivity contribution is 5.86. The zero-order valence-corrected chi connectivity index (χ0v) is 15.1. The van der Waals surface area contributed by atoms with E-state index >= 15 is 0 Å². The Labute approximate surface area is 150 Å². The maximum absolute atomic E-state index is 14.3. The number of ether oxygens (including phenoxy) is 1. The first-order valence-electron chi connectivity index (χ1n) is 8.24. The molecule has 0 saturated heterocycles. The molecule has 0 aliphatic carbocycles. The maximum atomic E-state index is 14.3. The highest BCUT2D eigenvalue weighted by atomic mass is 19.3. The number of hydrogen-bond acceptors (Lipinski definition) is 3. The van der Waals surface area contributed by atoms with E-state index in [1.807, 2.05) is 39.0 Å². The molecule has 0 amide bonds. The van der Waals surface area contributed by atoms with Crippen molar-refractivity contribution in [1.82, 2.24) is 9.78 Å². The van der Waals surface area contributed by atoms with Crippen LogP contribution < -0.4 is 0 Å². The number of alkyl halides is 2. The molecule has 0 saturated carbocycles. The topological polar surface area (TPSA) is 44.1 Å². The standard InChI is InChI=1S/C20H20F2N2O2/c1-12-6-5-7-13(2)17(12)11-24-18-10-15(20(21,22)19(25)26-4)8-9-16(18)14(3)23-24/h5-10H,11H2,1-4H3. The van der Waals surface area contributed by atoms with E-state index < -0.39 is 17.5 Å². The number of hydrogen-bond donors (Lipinski definition) is 0. The molecule has 0 fully saturated rings. The summed E-state index contributed by atoms with van der Waals surface area (Å²) < 4.78 is 34.5. The minimum atomic E-state index is -3.70. The zero-order chi connectivity index (χ0) is 19.1. The number of methoxy groups -OCH3 is 1. The predicted octanol–water partition coefficient (Wildman–Crippen LogP) is 4.27. The Kier molecular flexibility index (Phi) is 4.52. The van der Waals surface area contributed by atoms with E-state index in [1.54, 1.807) is 10.7 Å². The summed E-state index contributed by atoms with van der Waals surface area (Å²) in [5, 5.41) is 5.29. The van der Waals surface area contributed by atoms with E-state index in [9.17, 15) is 13.6 Å². The van der Waals surface area contributed by atoms with E-state index in [4.69, 9.17) is 0 Å². The van der Waals surface area contributed by atoms with Gasteiger partial charge in [0, 0.05) is 10.9 Å². The molecular weight excluding hydrogens is 338 g/mol. The van der Waals surface area contributed by atoms with Crippen LogP contribution in [0.1, 0.15) is 27.9 Å². The lowest BCUT2D eigenvalue weighted by molar-refractivity contribution is -0.170. The van der Waals surface area contributed by atoms with Crippen LogP contribution in [0.25, 0.3) is 10.9 Å². The van der Waals surface area contributed by atoms with E-state index in [0.717, 1.165) is 34.9 Å². The first-order chi connectivity index (χ1) is 12.3. The Bertz CT molecular complexity index is 973. The zero-order valence-electron chi connectivity index (χ0n) is 15.1. The number of halogens is 2. The summed E-state index contributed by atoms with van der Waals surface area (Å²) >= 11 is 0. The first-order valence-corrected chi connectivity index (χ1v) is 8.24. The highest BCUT2D eigenvalue weighted by Gasteiger charge is 2.42. The van der Waals surface area contributed by atoms with Crippen molar-refractivity contribution in [3.05, 3.63) is 64.3 Å². The van der Waals surface area contributed by atoms with Crippen LogP contribution in [0.5, 0.6) is 0 Å². The van der Waals surface area contributed by atoms with Crippen molar-refractivity contribution in [3.63, 3.8) is 0 Å². The number of nitrogens with zero attached hydrogens (tertiary/aromatic N) is 2. The average molecular weight is 358 g/mol. The van der Waals surface area contributed by atoms with E-state index in [-0.39, 0.29) is 0 Å². The first kappa shape index (κ1) is 18.0. The number of aryl methyl sites for hydroxylation is 3. The minimum Gasteiger partial charge on any atom is -0.464 e. The number of rotatable bonds is 4. The molecule has 26 heavy (non-hydrogen) atoms. The quantitative estimate of drug-likeness (QED) is 0.654. The van der Waals surface area contributed by atoms with Gasteiger partial charge in [0.05, 0.1) is 24.9 Å². The number of esters is 1. The fraction of sp³-hybridized carbons (Fsp3) is 0.300. The lowest BCUT2D eigenvalue weighted by Gasteiger charge is -2.15. The van der Waals surface area contributed by atoms with Crippen LogP contribution in [0, 0.1) is 20.8 Å². The Morgan fingerprint density at radius 3 is 2.42 bits per heavy atom. The molecule has 136 valence electrons. The molecule has 1 aromatic heterocycles. The molecule has 0 spiro atoms. The van der Waals surface area contributed by atoms with Crippen LogP contribution in [0.2, 0.25) is 0 Å². The van der Waals surface area contributed by atoms with Gasteiger partial charge in [0.2, 0.25) is 0 Å². The van der Waals surface area contributed by atoms with E-state index in [1.165, 1.54) is 12.1 Å². The molecule has 0 radical (unpaired) electrons. The molecule has 6 heteroatoms. The number of fused-ring (bicyclic) bond motifs is 1.